The highest BCUT2D eigenvalue weighted by molar-refractivity contribution is 7.15. The number of thiazole rings is 1. The fourth-order valence-corrected chi connectivity index (χ4v) is 4.03. The number of carbonyl (C=O) groups is 1. The zero-order valence-electron chi connectivity index (χ0n) is 14.7. The van der Waals surface area contributed by atoms with Crippen LogP contribution in [0.3, 0.4) is 0 Å². The molecule has 10 heteroatoms. The van der Waals surface area contributed by atoms with E-state index in [1.807, 2.05) is 24.0 Å². The molecule has 27 heavy (non-hydrogen) atoms. The lowest BCUT2D eigenvalue weighted by Gasteiger charge is -2.30. The molecule has 0 saturated carbocycles. The van der Waals surface area contributed by atoms with Gasteiger partial charge in [-0.25, -0.2) is 4.98 Å². The summed E-state index contributed by atoms with van der Waals surface area (Å²) in [5.74, 6) is 0.705. The van der Waals surface area contributed by atoms with Gasteiger partial charge in [0.05, 0.1) is 0 Å². The normalized spacial score (nSPS) is 15.2. The van der Waals surface area contributed by atoms with Crippen molar-refractivity contribution in [2.24, 2.45) is 5.92 Å². The van der Waals surface area contributed by atoms with E-state index in [0.717, 1.165) is 5.56 Å². The van der Waals surface area contributed by atoms with Gasteiger partial charge in [0.1, 0.15) is 12.0 Å². The van der Waals surface area contributed by atoms with Crippen LogP contribution in [0.4, 0.5) is 17.5 Å². The molecule has 140 valence electrons. The van der Waals surface area contributed by atoms with Crippen molar-refractivity contribution in [3.63, 3.8) is 0 Å². The summed E-state index contributed by atoms with van der Waals surface area (Å²) in [5.41, 5.74) is 1.03. The summed E-state index contributed by atoms with van der Waals surface area (Å²) in [6, 6.07) is 3.70. The maximum atomic E-state index is 12.5. The molecule has 0 unspecified atom stereocenters. The number of nitro groups is 1. The van der Waals surface area contributed by atoms with Crippen molar-refractivity contribution in [1.82, 2.24) is 14.4 Å². The Morgan fingerprint density at radius 1 is 1.41 bits per heavy atom. The third-order valence-electron chi connectivity index (χ3n) is 4.72. The molecule has 0 aliphatic carbocycles. The molecule has 0 bridgehead atoms. The van der Waals surface area contributed by atoms with Gasteiger partial charge < -0.3 is 20.3 Å². The molecule has 3 aromatic heterocycles. The van der Waals surface area contributed by atoms with E-state index in [-0.39, 0.29) is 17.6 Å². The Morgan fingerprint density at radius 2 is 2.19 bits per heavy atom. The van der Waals surface area contributed by atoms with Crippen LogP contribution in [0.5, 0.6) is 0 Å². The first-order chi connectivity index (χ1) is 13.0. The van der Waals surface area contributed by atoms with E-state index < -0.39 is 4.92 Å². The summed E-state index contributed by atoms with van der Waals surface area (Å²) < 4.78 is 1.50. The number of carbonyl (C=O) groups excluding carboxylic acids is 1. The molecule has 1 fully saturated rings. The molecule has 1 N–H and O–H groups in total. The van der Waals surface area contributed by atoms with Gasteiger partial charge in [-0.2, -0.15) is 9.38 Å². The number of hydrogen-bond acceptors (Lipinski definition) is 7. The van der Waals surface area contributed by atoms with Crippen molar-refractivity contribution in [2.45, 2.75) is 19.8 Å². The standard InChI is InChI=1S/C17H18N6O3S/c1-11-2-5-18-13(10-11)19-15(24)12-3-6-21(7-4-12)14-16(23(25)26)22-8-9-27-17(22)20-14/h2,5,8-10,12H,3-4,6-7H2,1H3,(H,18,19,24). The fourth-order valence-electron chi connectivity index (χ4n) is 3.33. The van der Waals surface area contributed by atoms with E-state index in [9.17, 15) is 14.9 Å². The topological polar surface area (TPSA) is 106 Å². The Labute approximate surface area is 158 Å². The first-order valence-electron chi connectivity index (χ1n) is 8.61. The molecular formula is C17H18N6O3S. The summed E-state index contributed by atoms with van der Waals surface area (Å²) in [4.78, 5) is 34.7. The molecule has 4 heterocycles. The average molecular weight is 386 g/mol. The fraction of sp³-hybridized carbons (Fsp3) is 0.353. The Hall–Kier alpha value is -3.01. The smallest absolute Gasteiger partial charge is 0.358 e. The molecule has 4 rings (SSSR count). The van der Waals surface area contributed by atoms with Gasteiger partial charge >= 0.3 is 5.82 Å². The lowest BCUT2D eigenvalue weighted by Crippen LogP contribution is -2.38. The maximum absolute atomic E-state index is 12.5. The summed E-state index contributed by atoms with van der Waals surface area (Å²) in [5, 5.41) is 16.1. The highest BCUT2D eigenvalue weighted by Gasteiger charge is 2.32. The number of piperidine rings is 1. The van der Waals surface area contributed by atoms with Crippen LogP contribution < -0.4 is 10.2 Å². The Bertz CT molecular complexity index is 1010. The van der Waals surface area contributed by atoms with Gasteiger partial charge in [-0.1, -0.05) is 11.3 Å². The van der Waals surface area contributed by atoms with Gasteiger partial charge in [-0.15, -0.1) is 0 Å². The van der Waals surface area contributed by atoms with Crippen molar-refractivity contribution < 1.29 is 9.72 Å². The minimum atomic E-state index is -0.399. The van der Waals surface area contributed by atoms with E-state index in [0.29, 0.717) is 42.5 Å². The Kier molecular flexibility index (Phi) is 4.48. The lowest BCUT2D eigenvalue weighted by atomic mass is 9.96. The van der Waals surface area contributed by atoms with Crippen LogP contribution >= 0.6 is 11.3 Å². The second-order valence-electron chi connectivity index (χ2n) is 6.54. The number of aromatic nitrogens is 3. The van der Waals surface area contributed by atoms with E-state index in [4.69, 9.17) is 0 Å². The zero-order valence-corrected chi connectivity index (χ0v) is 15.5. The number of amides is 1. The van der Waals surface area contributed by atoms with E-state index in [1.165, 1.54) is 15.7 Å². The van der Waals surface area contributed by atoms with Crippen LogP contribution in [-0.2, 0) is 4.79 Å². The van der Waals surface area contributed by atoms with Crippen LogP contribution in [0, 0.1) is 23.0 Å². The molecule has 1 amide bonds. The SMILES string of the molecule is Cc1ccnc(NC(=O)C2CCN(c3nc4sccn4c3[N+](=O)[O-])CC2)c1. The zero-order chi connectivity index (χ0) is 19.0. The predicted octanol–water partition coefficient (Wildman–Crippen LogP) is 2.86. The molecule has 1 aliphatic heterocycles. The van der Waals surface area contributed by atoms with Gasteiger partial charge in [0.2, 0.25) is 11.7 Å². The third-order valence-corrected chi connectivity index (χ3v) is 5.48. The number of anilines is 2. The molecular weight excluding hydrogens is 368 g/mol. The average Bonchev–Trinajstić information content (AvgIpc) is 3.22. The Balaban J connectivity index is 1.45. The van der Waals surface area contributed by atoms with E-state index in [2.05, 4.69) is 15.3 Å². The van der Waals surface area contributed by atoms with Crippen molar-refractivity contribution in [3.8, 4) is 0 Å². The first-order valence-corrected chi connectivity index (χ1v) is 9.49. The quantitative estimate of drug-likeness (QED) is 0.546. The third kappa shape index (κ3) is 3.35. The number of nitrogens with one attached hydrogen (secondary N) is 1. The van der Waals surface area contributed by atoms with Gasteiger partial charge in [-0.3, -0.25) is 4.79 Å². The molecule has 0 spiro atoms. The van der Waals surface area contributed by atoms with Gasteiger partial charge in [-0.05, 0) is 42.4 Å². The second-order valence-corrected chi connectivity index (χ2v) is 7.41. The van der Waals surface area contributed by atoms with Gasteiger partial charge in [0, 0.05) is 30.6 Å². The van der Waals surface area contributed by atoms with Gasteiger partial charge in [0.25, 0.3) is 4.96 Å². The molecule has 1 saturated heterocycles. The van der Waals surface area contributed by atoms with Gasteiger partial charge in [0.15, 0.2) is 0 Å². The number of nitrogens with zero attached hydrogens (tertiary/aromatic N) is 5. The minimum absolute atomic E-state index is 0.0156. The molecule has 9 nitrogen and oxygen atoms in total. The highest BCUT2D eigenvalue weighted by atomic mass is 32.1. The van der Waals surface area contributed by atoms with Crippen molar-refractivity contribution >= 4 is 39.7 Å². The lowest BCUT2D eigenvalue weighted by molar-refractivity contribution is -0.389. The van der Waals surface area contributed by atoms with Crippen LogP contribution in [0.1, 0.15) is 18.4 Å². The molecule has 1 aliphatic rings. The van der Waals surface area contributed by atoms with E-state index >= 15 is 0 Å². The predicted molar refractivity (Wildman–Crippen MR) is 102 cm³/mol. The number of fused-ring (bicyclic) bond motifs is 1. The minimum Gasteiger partial charge on any atom is -0.358 e. The molecule has 0 aromatic carbocycles. The summed E-state index contributed by atoms with van der Waals surface area (Å²) in [6.07, 6.45) is 4.54. The van der Waals surface area contributed by atoms with Crippen LogP contribution in [0.2, 0.25) is 0 Å². The molecule has 0 atom stereocenters. The number of rotatable bonds is 4. The summed E-state index contributed by atoms with van der Waals surface area (Å²) >= 11 is 1.36. The first kappa shape index (κ1) is 17.4. The summed E-state index contributed by atoms with van der Waals surface area (Å²) in [6.45, 7) is 3.04. The molecule has 3 aromatic rings. The van der Waals surface area contributed by atoms with Crippen LogP contribution in [-0.4, -0.2) is 38.3 Å². The number of aryl methyl sites for hydroxylation is 1. The number of imidazole rings is 1. The van der Waals surface area contributed by atoms with Crippen LogP contribution in [0.25, 0.3) is 4.96 Å². The number of pyridine rings is 1. The monoisotopic (exact) mass is 386 g/mol. The Morgan fingerprint density at radius 3 is 2.89 bits per heavy atom. The van der Waals surface area contributed by atoms with E-state index in [1.54, 1.807) is 17.8 Å². The van der Waals surface area contributed by atoms with Crippen molar-refractivity contribution in [3.05, 3.63) is 45.6 Å². The number of hydrogen-bond donors (Lipinski definition) is 1. The van der Waals surface area contributed by atoms with Crippen molar-refractivity contribution in [2.75, 3.05) is 23.3 Å². The maximum Gasteiger partial charge on any atom is 0.373 e. The summed E-state index contributed by atoms with van der Waals surface area (Å²) in [7, 11) is 0. The largest absolute Gasteiger partial charge is 0.373 e. The molecule has 0 radical (unpaired) electrons. The second kappa shape index (κ2) is 6.95. The van der Waals surface area contributed by atoms with Crippen LogP contribution in [0.15, 0.2) is 29.9 Å². The highest BCUT2D eigenvalue weighted by Crippen LogP contribution is 2.33. The van der Waals surface area contributed by atoms with Crippen molar-refractivity contribution in [1.29, 1.82) is 0 Å².